The maximum atomic E-state index is 6.00. The normalized spacial score (nSPS) is 15.3. The summed E-state index contributed by atoms with van der Waals surface area (Å²) in [5, 5.41) is 8.57. The van der Waals surface area contributed by atoms with Crippen molar-refractivity contribution in [2.75, 3.05) is 6.61 Å². The van der Waals surface area contributed by atoms with Gasteiger partial charge in [0.05, 0.1) is 12.7 Å². The summed E-state index contributed by atoms with van der Waals surface area (Å²) >= 11 is 0. The predicted octanol–water partition coefficient (Wildman–Crippen LogP) is 4.16. The molecule has 0 bridgehead atoms. The Morgan fingerprint density at radius 2 is 1.69 bits per heavy atom. The molecule has 2 aromatic heterocycles. The number of hydrogen-bond acceptors (Lipinski definition) is 5. The van der Waals surface area contributed by atoms with Crippen molar-refractivity contribution in [3.63, 3.8) is 0 Å². The molecule has 0 aliphatic carbocycles. The van der Waals surface area contributed by atoms with Crippen LogP contribution in [0.5, 0.6) is 11.5 Å². The van der Waals surface area contributed by atoms with Gasteiger partial charge in [-0.1, -0.05) is 47.7 Å². The monoisotopic (exact) mass is 384 g/mol. The number of hydrogen-bond donors (Lipinski definition) is 0. The van der Waals surface area contributed by atoms with Crippen LogP contribution in [-0.2, 0) is 6.54 Å². The van der Waals surface area contributed by atoms with Crippen LogP contribution in [0.3, 0.4) is 0 Å². The quantitative estimate of drug-likeness (QED) is 0.529. The van der Waals surface area contributed by atoms with Gasteiger partial charge in [0.1, 0.15) is 12.3 Å². The molecule has 1 atom stereocenters. The molecule has 3 heterocycles. The fourth-order valence-electron chi connectivity index (χ4n) is 3.35. The number of para-hydroxylation sites is 2. The standard InChI is InChI=1S/C23H20N4O2/c1-16-6-7-19(12-24-16)17-8-10-18(11-9-17)21-14-27(26-25-21)13-20-15-28-22-4-2-3-5-23(22)29-20/h2-12,14,20H,13,15H2,1H3/t20-/m0/s1. The van der Waals surface area contributed by atoms with Crippen molar-refractivity contribution >= 4 is 0 Å². The molecule has 0 radical (unpaired) electrons. The van der Waals surface area contributed by atoms with Crippen molar-refractivity contribution < 1.29 is 9.47 Å². The summed E-state index contributed by atoms with van der Waals surface area (Å²) in [5.41, 5.74) is 5.08. The predicted molar refractivity (Wildman–Crippen MR) is 110 cm³/mol. The minimum Gasteiger partial charge on any atom is -0.486 e. The van der Waals surface area contributed by atoms with E-state index < -0.39 is 0 Å². The molecule has 6 heteroatoms. The van der Waals surface area contributed by atoms with E-state index in [1.807, 2.05) is 49.6 Å². The zero-order valence-corrected chi connectivity index (χ0v) is 16.0. The number of rotatable bonds is 4. The highest BCUT2D eigenvalue weighted by atomic mass is 16.6. The van der Waals surface area contributed by atoms with Crippen LogP contribution >= 0.6 is 0 Å². The lowest BCUT2D eigenvalue weighted by Crippen LogP contribution is -2.33. The summed E-state index contributed by atoms with van der Waals surface area (Å²) in [6.45, 7) is 3.05. The molecule has 0 unspecified atom stereocenters. The fourth-order valence-corrected chi connectivity index (χ4v) is 3.35. The summed E-state index contributed by atoms with van der Waals surface area (Å²) in [5.74, 6) is 1.55. The third-order valence-corrected chi connectivity index (χ3v) is 4.92. The molecule has 0 fully saturated rings. The number of aromatic nitrogens is 4. The average Bonchev–Trinajstić information content (AvgIpc) is 3.23. The smallest absolute Gasteiger partial charge is 0.161 e. The van der Waals surface area contributed by atoms with E-state index in [0.717, 1.165) is 39.6 Å². The molecule has 0 amide bonds. The molecule has 5 rings (SSSR count). The number of benzene rings is 2. The van der Waals surface area contributed by atoms with E-state index >= 15 is 0 Å². The molecule has 4 aromatic rings. The van der Waals surface area contributed by atoms with Gasteiger partial charge in [0.25, 0.3) is 0 Å². The molecular weight excluding hydrogens is 364 g/mol. The van der Waals surface area contributed by atoms with Crippen LogP contribution in [-0.4, -0.2) is 32.7 Å². The third kappa shape index (κ3) is 3.69. The second-order valence-electron chi connectivity index (χ2n) is 7.09. The summed E-state index contributed by atoms with van der Waals surface area (Å²) in [6.07, 6.45) is 3.73. The van der Waals surface area contributed by atoms with Gasteiger partial charge in [-0.3, -0.25) is 4.98 Å². The molecule has 1 aliphatic heterocycles. The van der Waals surface area contributed by atoms with Crippen LogP contribution in [0.4, 0.5) is 0 Å². The minimum absolute atomic E-state index is 0.101. The Bertz CT molecular complexity index is 1120. The van der Waals surface area contributed by atoms with E-state index in [1.165, 1.54) is 0 Å². The van der Waals surface area contributed by atoms with Gasteiger partial charge in [-0.05, 0) is 30.7 Å². The second kappa shape index (κ2) is 7.39. The van der Waals surface area contributed by atoms with Crippen molar-refractivity contribution in [2.45, 2.75) is 19.6 Å². The molecule has 0 spiro atoms. The van der Waals surface area contributed by atoms with E-state index in [9.17, 15) is 0 Å². The van der Waals surface area contributed by atoms with Crippen molar-refractivity contribution in [2.24, 2.45) is 0 Å². The Balaban J connectivity index is 1.28. The van der Waals surface area contributed by atoms with E-state index in [2.05, 4.69) is 45.6 Å². The van der Waals surface area contributed by atoms with E-state index in [-0.39, 0.29) is 6.10 Å². The lowest BCUT2D eigenvalue weighted by molar-refractivity contribution is 0.0755. The van der Waals surface area contributed by atoms with Crippen LogP contribution in [0, 0.1) is 6.92 Å². The lowest BCUT2D eigenvalue weighted by atomic mass is 10.0. The topological polar surface area (TPSA) is 62.1 Å². The number of aryl methyl sites for hydroxylation is 1. The molecule has 0 saturated heterocycles. The summed E-state index contributed by atoms with van der Waals surface area (Å²) < 4.78 is 13.6. The maximum absolute atomic E-state index is 6.00. The Labute approximate surface area is 168 Å². The van der Waals surface area contributed by atoms with Crippen LogP contribution in [0.1, 0.15) is 5.69 Å². The van der Waals surface area contributed by atoms with Gasteiger partial charge < -0.3 is 9.47 Å². The van der Waals surface area contributed by atoms with E-state index in [4.69, 9.17) is 9.47 Å². The first-order valence-electron chi connectivity index (χ1n) is 9.57. The molecule has 1 aliphatic rings. The highest BCUT2D eigenvalue weighted by Crippen LogP contribution is 2.31. The van der Waals surface area contributed by atoms with Crippen molar-refractivity contribution in [3.05, 3.63) is 78.8 Å². The average molecular weight is 384 g/mol. The number of fused-ring (bicyclic) bond motifs is 1. The minimum atomic E-state index is -0.101. The summed E-state index contributed by atoms with van der Waals surface area (Å²) in [4.78, 5) is 4.36. The first kappa shape index (κ1) is 17.4. The maximum Gasteiger partial charge on any atom is 0.161 e. The van der Waals surface area contributed by atoms with Gasteiger partial charge in [-0.2, -0.15) is 0 Å². The molecule has 2 aromatic carbocycles. The number of pyridine rings is 1. The largest absolute Gasteiger partial charge is 0.486 e. The Kier molecular flexibility index (Phi) is 4.44. The molecule has 6 nitrogen and oxygen atoms in total. The second-order valence-corrected chi connectivity index (χ2v) is 7.09. The van der Waals surface area contributed by atoms with Crippen molar-refractivity contribution in [3.8, 4) is 33.9 Å². The number of ether oxygens (including phenoxy) is 2. The molecule has 0 saturated carbocycles. The van der Waals surface area contributed by atoms with Crippen LogP contribution in [0.15, 0.2) is 73.1 Å². The Morgan fingerprint density at radius 3 is 2.48 bits per heavy atom. The Morgan fingerprint density at radius 1 is 0.931 bits per heavy atom. The van der Waals surface area contributed by atoms with E-state index in [1.54, 1.807) is 4.68 Å². The highest BCUT2D eigenvalue weighted by molar-refractivity contribution is 5.67. The SMILES string of the molecule is Cc1ccc(-c2ccc(-c3cn(C[C@H]4COc5ccccc5O4)nn3)cc2)cn1. The highest BCUT2D eigenvalue weighted by Gasteiger charge is 2.21. The van der Waals surface area contributed by atoms with Gasteiger partial charge in [0.2, 0.25) is 0 Å². The van der Waals surface area contributed by atoms with E-state index in [0.29, 0.717) is 13.2 Å². The molecule has 144 valence electrons. The van der Waals surface area contributed by atoms with Crippen LogP contribution in [0.2, 0.25) is 0 Å². The first-order chi connectivity index (χ1) is 14.2. The van der Waals surface area contributed by atoms with Gasteiger partial charge in [0, 0.05) is 23.0 Å². The van der Waals surface area contributed by atoms with Crippen LogP contribution in [0.25, 0.3) is 22.4 Å². The Hall–Kier alpha value is -3.67. The van der Waals surface area contributed by atoms with Gasteiger partial charge in [0.15, 0.2) is 17.6 Å². The molecular formula is C23H20N4O2. The fraction of sp³-hybridized carbons (Fsp3) is 0.174. The van der Waals surface area contributed by atoms with Gasteiger partial charge in [-0.25, -0.2) is 4.68 Å². The third-order valence-electron chi connectivity index (χ3n) is 4.92. The zero-order chi connectivity index (χ0) is 19.6. The molecule has 0 N–H and O–H groups in total. The lowest BCUT2D eigenvalue weighted by Gasteiger charge is -2.26. The number of nitrogens with zero attached hydrogens (tertiary/aromatic N) is 4. The van der Waals surface area contributed by atoms with Crippen molar-refractivity contribution in [1.29, 1.82) is 0 Å². The van der Waals surface area contributed by atoms with Gasteiger partial charge in [-0.15, -0.1) is 5.10 Å². The summed E-state index contributed by atoms with van der Waals surface area (Å²) in [7, 11) is 0. The summed E-state index contributed by atoms with van der Waals surface area (Å²) in [6, 6.07) is 20.1. The zero-order valence-electron chi connectivity index (χ0n) is 16.0. The first-order valence-corrected chi connectivity index (χ1v) is 9.57. The van der Waals surface area contributed by atoms with Gasteiger partial charge >= 0.3 is 0 Å². The van der Waals surface area contributed by atoms with Crippen LogP contribution < -0.4 is 9.47 Å². The van der Waals surface area contributed by atoms with Crippen molar-refractivity contribution in [1.82, 2.24) is 20.0 Å². The molecule has 29 heavy (non-hydrogen) atoms.